The highest BCUT2D eigenvalue weighted by molar-refractivity contribution is 8.14. The van der Waals surface area contributed by atoms with Gasteiger partial charge in [0.25, 0.3) is 0 Å². The van der Waals surface area contributed by atoms with Crippen LogP contribution >= 0.6 is 10.7 Å². The SMILES string of the molecule is O=S(=O)(Cl)C(C1CC1)C1CC1. The first-order valence-electron chi connectivity index (χ1n) is 4.02. The zero-order chi connectivity index (χ0) is 8.06. The monoisotopic (exact) mass is 194 g/mol. The maximum absolute atomic E-state index is 11.1. The largest absolute Gasteiger partial charge is 0.235 e. The van der Waals surface area contributed by atoms with Gasteiger partial charge in [0.05, 0.1) is 5.25 Å². The summed E-state index contributed by atoms with van der Waals surface area (Å²) in [7, 11) is 2.08. The van der Waals surface area contributed by atoms with Crippen molar-refractivity contribution in [2.75, 3.05) is 0 Å². The average Bonchev–Trinajstić information content (AvgIpc) is 2.50. The Balaban J connectivity index is 2.14. The van der Waals surface area contributed by atoms with Crippen LogP contribution in [0, 0.1) is 11.8 Å². The van der Waals surface area contributed by atoms with Crippen molar-refractivity contribution in [2.24, 2.45) is 11.8 Å². The Labute approximate surface area is 71.3 Å². The first-order valence-corrected chi connectivity index (χ1v) is 6.40. The third-order valence-electron chi connectivity index (χ3n) is 2.50. The molecule has 0 atom stereocenters. The second-order valence-corrected chi connectivity index (χ2v) is 6.40. The summed E-state index contributed by atoms with van der Waals surface area (Å²) in [5, 5.41) is -0.204. The molecular weight excluding hydrogens is 184 g/mol. The Bertz CT molecular complexity index is 240. The van der Waals surface area contributed by atoms with Crippen LogP contribution in [0.3, 0.4) is 0 Å². The molecule has 64 valence electrons. The molecule has 4 heteroatoms. The molecule has 2 rings (SSSR count). The van der Waals surface area contributed by atoms with Crippen molar-refractivity contribution in [3.05, 3.63) is 0 Å². The van der Waals surface area contributed by atoms with E-state index in [1.54, 1.807) is 0 Å². The molecule has 0 heterocycles. The van der Waals surface area contributed by atoms with E-state index in [0.29, 0.717) is 11.8 Å². The van der Waals surface area contributed by atoms with E-state index < -0.39 is 9.05 Å². The third-order valence-corrected chi connectivity index (χ3v) is 4.54. The summed E-state index contributed by atoms with van der Waals surface area (Å²) in [6, 6.07) is 0. The lowest BCUT2D eigenvalue weighted by atomic mass is 10.2. The second kappa shape index (κ2) is 2.36. The molecule has 0 saturated heterocycles. The van der Waals surface area contributed by atoms with Gasteiger partial charge in [0.1, 0.15) is 0 Å². The maximum atomic E-state index is 11.1. The first-order chi connectivity index (χ1) is 5.09. The van der Waals surface area contributed by atoms with Gasteiger partial charge >= 0.3 is 0 Å². The molecule has 0 amide bonds. The molecule has 2 aliphatic carbocycles. The summed E-state index contributed by atoms with van der Waals surface area (Å²) < 4.78 is 22.1. The van der Waals surface area contributed by atoms with Crippen LogP contribution in [0.4, 0.5) is 0 Å². The maximum Gasteiger partial charge on any atom is 0.235 e. The van der Waals surface area contributed by atoms with Crippen LogP contribution < -0.4 is 0 Å². The van der Waals surface area contributed by atoms with E-state index >= 15 is 0 Å². The van der Waals surface area contributed by atoms with Crippen LogP contribution in [0.5, 0.6) is 0 Å². The minimum Gasteiger partial charge on any atom is -0.212 e. The first kappa shape index (κ1) is 7.87. The van der Waals surface area contributed by atoms with E-state index in [9.17, 15) is 8.42 Å². The lowest BCUT2D eigenvalue weighted by Crippen LogP contribution is -2.20. The van der Waals surface area contributed by atoms with Crippen molar-refractivity contribution in [2.45, 2.75) is 30.9 Å². The molecule has 0 aromatic rings. The minimum atomic E-state index is -3.27. The summed E-state index contributed by atoms with van der Waals surface area (Å²) in [5.41, 5.74) is 0. The van der Waals surface area contributed by atoms with Gasteiger partial charge < -0.3 is 0 Å². The molecule has 0 unspecified atom stereocenters. The van der Waals surface area contributed by atoms with Crippen LogP contribution in [0.25, 0.3) is 0 Å². The van der Waals surface area contributed by atoms with Crippen molar-refractivity contribution in [3.8, 4) is 0 Å². The Morgan fingerprint density at radius 3 is 1.64 bits per heavy atom. The predicted molar refractivity (Wildman–Crippen MR) is 44.0 cm³/mol. The highest BCUT2D eigenvalue weighted by atomic mass is 35.7. The van der Waals surface area contributed by atoms with Crippen molar-refractivity contribution in [3.63, 3.8) is 0 Å². The quantitative estimate of drug-likeness (QED) is 0.642. The Morgan fingerprint density at radius 1 is 1.09 bits per heavy atom. The van der Waals surface area contributed by atoms with Crippen molar-refractivity contribution in [1.29, 1.82) is 0 Å². The molecule has 11 heavy (non-hydrogen) atoms. The molecule has 2 fully saturated rings. The number of hydrogen-bond acceptors (Lipinski definition) is 2. The molecule has 2 aliphatic rings. The fourth-order valence-corrected chi connectivity index (χ4v) is 4.03. The van der Waals surface area contributed by atoms with E-state index in [4.69, 9.17) is 10.7 Å². The van der Waals surface area contributed by atoms with Crippen LogP contribution in [0.1, 0.15) is 25.7 Å². The molecule has 2 nitrogen and oxygen atoms in total. The van der Waals surface area contributed by atoms with Gasteiger partial charge in [-0.05, 0) is 37.5 Å². The summed E-state index contributed by atoms with van der Waals surface area (Å²) in [5.74, 6) is 0.787. The van der Waals surface area contributed by atoms with Crippen LogP contribution in [0.2, 0.25) is 0 Å². The molecule has 0 bridgehead atoms. The van der Waals surface area contributed by atoms with Gasteiger partial charge in [0.15, 0.2) is 0 Å². The highest BCUT2D eigenvalue weighted by Gasteiger charge is 2.48. The van der Waals surface area contributed by atoms with Gasteiger partial charge in [-0.1, -0.05) is 0 Å². The molecule has 0 aliphatic heterocycles. The average molecular weight is 195 g/mol. The minimum absolute atomic E-state index is 0.204. The number of rotatable bonds is 3. The summed E-state index contributed by atoms with van der Waals surface area (Å²) in [4.78, 5) is 0. The molecule has 0 aromatic heterocycles. The summed E-state index contributed by atoms with van der Waals surface area (Å²) in [6.07, 6.45) is 4.25. The fourth-order valence-electron chi connectivity index (χ4n) is 1.69. The standard InChI is InChI=1S/C7H11ClO2S/c8-11(9,10)7(5-1-2-5)6-3-4-6/h5-7H,1-4H2. The van der Waals surface area contributed by atoms with Gasteiger partial charge in [-0.3, -0.25) is 0 Å². The van der Waals surface area contributed by atoms with E-state index in [1.807, 2.05) is 0 Å². The van der Waals surface area contributed by atoms with Gasteiger partial charge in [-0.25, -0.2) is 8.42 Å². The van der Waals surface area contributed by atoms with Gasteiger partial charge in [-0.2, -0.15) is 0 Å². The van der Waals surface area contributed by atoms with Crippen LogP contribution in [-0.2, 0) is 9.05 Å². The molecule has 0 spiro atoms. The van der Waals surface area contributed by atoms with Crippen LogP contribution in [-0.4, -0.2) is 13.7 Å². The predicted octanol–water partition coefficient (Wildman–Crippen LogP) is 1.74. The second-order valence-electron chi connectivity index (χ2n) is 3.62. The molecule has 0 aromatic carbocycles. The smallest absolute Gasteiger partial charge is 0.212 e. The van der Waals surface area contributed by atoms with E-state index in [2.05, 4.69) is 0 Å². The lowest BCUT2D eigenvalue weighted by Gasteiger charge is -2.09. The summed E-state index contributed by atoms with van der Waals surface area (Å²) >= 11 is 0. The molecule has 0 N–H and O–H groups in total. The number of halogens is 1. The van der Waals surface area contributed by atoms with Crippen LogP contribution in [0.15, 0.2) is 0 Å². The van der Waals surface area contributed by atoms with Gasteiger partial charge in [0.2, 0.25) is 9.05 Å². The molecule has 2 saturated carbocycles. The van der Waals surface area contributed by atoms with Gasteiger partial charge in [-0.15, -0.1) is 0 Å². The molecular formula is C7H11ClO2S. The molecule has 0 radical (unpaired) electrons. The zero-order valence-electron chi connectivity index (χ0n) is 6.16. The Kier molecular flexibility index (Phi) is 1.69. The Hall–Kier alpha value is 0.240. The van der Waals surface area contributed by atoms with Crippen molar-refractivity contribution in [1.82, 2.24) is 0 Å². The van der Waals surface area contributed by atoms with Crippen molar-refractivity contribution < 1.29 is 8.42 Å². The lowest BCUT2D eigenvalue weighted by molar-refractivity contribution is 0.561. The summed E-state index contributed by atoms with van der Waals surface area (Å²) in [6.45, 7) is 0. The highest BCUT2D eigenvalue weighted by Crippen LogP contribution is 2.48. The van der Waals surface area contributed by atoms with Gasteiger partial charge in [0, 0.05) is 10.7 Å². The number of hydrogen-bond donors (Lipinski definition) is 0. The normalized spacial score (nSPS) is 26.0. The van der Waals surface area contributed by atoms with Crippen molar-refractivity contribution >= 4 is 19.7 Å². The van der Waals surface area contributed by atoms with E-state index in [-0.39, 0.29) is 5.25 Å². The topological polar surface area (TPSA) is 34.1 Å². The Morgan fingerprint density at radius 2 is 1.45 bits per heavy atom. The third kappa shape index (κ3) is 1.70. The zero-order valence-corrected chi connectivity index (χ0v) is 7.74. The fraction of sp³-hybridized carbons (Fsp3) is 1.00. The van der Waals surface area contributed by atoms with E-state index in [1.165, 1.54) is 0 Å². The van der Waals surface area contributed by atoms with E-state index in [0.717, 1.165) is 25.7 Å².